The number of aryl methyl sites for hydroxylation is 2. The van der Waals surface area contributed by atoms with Crippen molar-refractivity contribution in [2.45, 2.75) is 33.2 Å². The highest BCUT2D eigenvalue weighted by atomic mass is 16.5. The number of hydrogen-bond donors (Lipinski definition) is 2. The standard InChI is InChI=1S/C11H21N3O/c1-4-10-9(8-12-6-7-15-3)11(5-2)14-13-10/h12H,4-8H2,1-3H3,(H,13,14). The summed E-state index contributed by atoms with van der Waals surface area (Å²) in [7, 11) is 1.72. The van der Waals surface area contributed by atoms with Crippen LogP contribution in [0.5, 0.6) is 0 Å². The van der Waals surface area contributed by atoms with Crippen LogP contribution in [0.25, 0.3) is 0 Å². The van der Waals surface area contributed by atoms with Crippen molar-refractivity contribution in [3.8, 4) is 0 Å². The summed E-state index contributed by atoms with van der Waals surface area (Å²) in [6, 6.07) is 0. The van der Waals surface area contributed by atoms with E-state index >= 15 is 0 Å². The van der Waals surface area contributed by atoms with Crippen LogP contribution >= 0.6 is 0 Å². The van der Waals surface area contributed by atoms with Crippen LogP contribution < -0.4 is 5.32 Å². The van der Waals surface area contributed by atoms with Crippen LogP contribution in [-0.2, 0) is 24.1 Å². The summed E-state index contributed by atoms with van der Waals surface area (Å²) in [5, 5.41) is 10.8. The van der Waals surface area contributed by atoms with Crippen molar-refractivity contribution >= 4 is 0 Å². The first kappa shape index (κ1) is 12.2. The molecular weight excluding hydrogens is 190 g/mol. The van der Waals surface area contributed by atoms with Gasteiger partial charge >= 0.3 is 0 Å². The summed E-state index contributed by atoms with van der Waals surface area (Å²) < 4.78 is 4.99. The molecule has 2 N–H and O–H groups in total. The van der Waals surface area contributed by atoms with Crippen molar-refractivity contribution in [1.29, 1.82) is 0 Å². The predicted molar refractivity (Wildman–Crippen MR) is 60.9 cm³/mol. The van der Waals surface area contributed by atoms with Gasteiger partial charge in [0.1, 0.15) is 0 Å². The lowest BCUT2D eigenvalue weighted by Gasteiger charge is -2.05. The van der Waals surface area contributed by atoms with Gasteiger partial charge in [0.15, 0.2) is 0 Å². The average molecular weight is 211 g/mol. The van der Waals surface area contributed by atoms with E-state index < -0.39 is 0 Å². The Kier molecular flexibility index (Phi) is 5.36. The monoisotopic (exact) mass is 211 g/mol. The Morgan fingerprint density at radius 2 is 2.13 bits per heavy atom. The highest BCUT2D eigenvalue weighted by Crippen LogP contribution is 2.12. The molecule has 0 atom stereocenters. The number of nitrogens with one attached hydrogen (secondary N) is 2. The number of H-pyrrole nitrogens is 1. The molecule has 86 valence electrons. The zero-order valence-electron chi connectivity index (χ0n) is 9.89. The van der Waals surface area contributed by atoms with E-state index in [1.165, 1.54) is 17.0 Å². The van der Waals surface area contributed by atoms with Gasteiger partial charge in [0.25, 0.3) is 0 Å². The fraction of sp³-hybridized carbons (Fsp3) is 0.727. The van der Waals surface area contributed by atoms with E-state index in [-0.39, 0.29) is 0 Å². The number of aromatic nitrogens is 2. The Labute approximate surface area is 91.4 Å². The quantitative estimate of drug-likeness (QED) is 0.668. The molecule has 1 aromatic heterocycles. The van der Waals surface area contributed by atoms with E-state index in [9.17, 15) is 0 Å². The maximum absolute atomic E-state index is 4.99. The van der Waals surface area contributed by atoms with Gasteiger partial charge in [-0.2, -0.15) is 5.10 Å². The van der Waals surface area contributed by atoms with Crippen molar-refractivity contribution in [3.05, 3.63) is 17.0 Å². The molecule has 1 heterocycles. The Morgan fingerprint density at radius 3 is 2.73 bits per heavy atom. The van der Waals surface area contributed by atoms with E-state index in [4.69, 9.17) is 4.74 Å². The van der Waals surface area contributed by atoms with Gasteiger partial charge in [-0.3, -0.25) is 5.10 Å². The van der Waals surface area contributed by atoms with Crippen LogP contribution in [0.2, 0.25) is 0 Å². The number of aromatic amines is 1. The number of ether oxygens (including phenoxy) is 1. The molecule has 4 nitrogen and oxygen atoms in total. The Bertz CT molecular complexity index is 262. The summed E-state index contributed by atoms with van der Waals surface area (Å²) in [6.07, 6.45) is 1.99. The SMILES string of the molecule is CCc1n[nH]c(CC)c1CNCCOC. The normalized spacial score (nSPS) is 10.9. The van der Waals surface area contributed by atoms with E-state index in [1.807, 2.05) is 0 Å². The summed E-state index contributed by atoms with van der Waals surface area (Å²) >= 11 is 0. The first-order chi connectivity index (χ1) is 7.33. The molecule has 0 radical (unpaired) electrons. The molecule has 0 bridgehead atoms. The summed E-state index contributed by atoms with van der Waals surface area (Å²) in [4.78, 5) is 0. The molecular formula is C11H21N3O. The van der Waals surface area contributed by atoms with Gasteiger partial charge in [0.2, 0.25) is 0 Å². The molecule has 1 aromatic rings. The summed E-state index contributed by atoms with van der Waals surface area (Å²) in [6.45, 7) is 6.79. The highest BCUT2D eigenvalue weighted by molar-refractivity contribution is 5.25. The molecule has 0 aliphatic carbocycles. The molecule has 4 heteroatoms. The highest BCUT2D eigenvalue weighted by Gasteiger charge is 2.09. The molecule has 0 saturated heterocycles. The van der Waals surface area contributed by atoms with Gasteiger partial charge in [-0.05, 0) is 12.8 Å². The number of hydrogen-bond acceptors (Lipinski definition) is 3. The van der Waals surface area contributed by atoms with Crippen molar-refractivity contribution in [2.75, 3.05) is 20.3 Å². The molecule has 0 spiro atoms. The summed E-state index contributed by atoms with van der Waals surface area (Å²) in [5.74, 6) is 0. The minimum atomic E-state index is 0.751. The number of rotatable bonds is 7. The smallest absolute Gasteiger partial charge is 0.0667 e. The molecule has 0 aromatic carbocycles. The van der Waals surface area contributed by atoms with Crippen LogP contribution in [0, 0.1) is 0 Å². The number of methoxy groups -OCH3 is 1. The van der Waals surface area contributed by atoms with Crippen LogP contribution in [0.15, 0.2) is 0 Å². The van der Waals surface area contributed by atoms with Gasteiger partial charge in [0.05, 0.1) is 12.3 Å². The van der Waals surface area contributed by atoms with Crippen LogP contribution in [0.4, 0.5) is 0 Å². The second-order valence-electron chi connectivity index (χ2n) is 3.50. The van der Waals surface area contributed by atoms with Gasteiger partial charge < -0.3 is 10.1 Å². The number of nitrogens with zero attached hydrogens (tertiary/aromatic N) is 1. The molecule has 0 amide bonds. The molecule has 0 fully saturated rings. The van der Waals surface area contributed by atoms with Crippen molar-refractivity contribution < 1.29 is 4.74 Å². The zero-order chi connectivity index (χ0) is 11.1. The van der Waals surface area contributed by atoms with Gasteiger partial charge in [-0.25, -0.2) is 0 Å². The van der Waals surface area contributed by atoms with Crippen LogP contribution in [0.1, 0.15) is 30.8 Å². The zero-order valence-corrected chi connectivity index (χ0v) is 9.89. The lowest BCUT2D eigenvalue weighted by Crippen LogP contribution is -2.19. The fourth-order valence-electron chi connectivity index (χ4n) is 1.63. The molecule has 0 unspecified atom stereocenters. The maximum Gasteiger partial charge on any atom is 0.0667 e. The van der Waals surface area contributed by atoms with E-state index in [0.717, 1.165) is 32.5 Å². The Balaban J connectivity index is 2.53. The first-order valence-corrected chi connectivity index (χ1v) is 5.58. The van der Waals surface area contributed by atoms with Gasteiger partial charge in [-0.1, -0.05) is 13.8 Å². The molecule has 15 heavy (non-hydrogen) atoms. The lowest BCUT2D eigenvalue weighted by molar-refractivity contribution is 0.199. The minimum Gasteiger partial charge on any atom is -0.383 e. The Hall–Kier alpha value is -0.870. The van der Waals surface area contributed by atoms with Gasteiger partial charge in [-0.15, -0.1) is 0 Å². The summed E-state index contributed by atoms with van der Waals surface area (Å²) in [5.41, 5.74) is 3.75. The topological polar surface area (TPSA) is 49.9 Å². The molecule has 0 aliphatic heterocycles. The van der Waals surface area contributed by atoms with Crippen LogP contribution in [0.3, 0.4) is 0 Å². The Morgan fingerprint density at radius 1 is 1.33 bits per heavy atom. The second-order valence-corrected chi connectivity index (χ2v) is 3.50. The second kappa shape index (κ2) is 6.58. The minimum absolute atomic E-state index is 0.751. The third-order valence-corrected chi connectivity index (χ3v) is 2.51. The molecule has 0 aliphatic rings. The first-order valence-electron chi connectivity index (χ1n) is 5.58. The lowest BCUT2D eigenvalue weighted by atomic mass is 10.1. The molecule has 1 rings (SSSR count). The van der Waals surface area contributed by atoms with Crippen molar-refractivity contribution in [2.24, 2.45) is 0 Å². The fourth-order valence-corrected chi connectivity index (χ4v) is 1.63. The van der Waals surface area contributed by atoms with Crippen LogP contribution in [-0.4, -0.2) is 30.5 Å². The maximum atomic E-state index is 4.99. The molecule has 0 saturated carbocycles. The van der Waals surface area contributed by atoms with Crippen molar-refractivity contribution in [1.82, 2.24) is 15.5 Å². The van der Waals surface area contributed by atoms with Gasteiger partial charge in [0, 0.05) is 31.5 Å². The van der Waals surface area contributed by atoms with Crippen molar-refractivity contribution in [3.63, 3.8) is 0 Å². The van der Waals surface area contributed by atoms with E-state index in [2.05, 4.69) is 29.4 Å². The van der Waals surface area contributed by atoms with E-state index in [1.54, 1.807) is 7.11 Å². The predicted octanol–water partition coefficient (Wildman–Crippen LogP) is 1.27. The van der Waals surface area contributed by atoms with E-state index in [0.29, 0.717) is 0 Å². The third kappa shape index (κ3) is 3.32. The third-order valence-electron chi connectivity index (χ3n) is 2.51. The average Bonchev–Trinajstić information content (AvgIpc) is 2.66. The largest absolute Gasteiger partial charge is 0.383 e.